The Morgan fingerprint density at radius 1 is 1.56 bits per heavy atom. The van der Waals surface area contributed by atoms with Gasteiger partial charge in [0, 0.05) is 11.3 Å². The van der Waals surface area contributed by atoms with Crippen LogP contribution in [0.2, 0.25) is 0 Å². The largest absolute Gasteiger partial charge is 0.327 e. The van der Waals surface area contributed by atoms with Gasteiger partial charge in [-0.05, 0) is 36.7 Å². The molecule has 1 aliphatic carbocycles. The Labute approximate surface area is 105 Å². The first-order chi connectivity index (χ1) is 7.79. The maximum atomic E-state index is 6.19. The van der Waals surface area contributed by atoms with Gasteiger partial charge in [-0.2, -0.15) is 4.37 Å². The van der Waals surface area contributed by atoms with Crippen LogP contribution in [0.25, 0.3) is 0 Å². The van der Waals surface area contributed by atoms with Crippen molar-refractivity contribution in [1.82, 2.24) is 9.36 Å². The lowest BCUT2D eigenvalue weighted by atomic mass is 9.83. The van der Waals surface area contributed by atoms with Gasteiger partial charge in [-0.1, -0.05) is 31.5 Å². The van der Waals surface area contributed by atoms with E-state index < -0.39 is 0 Å². The molecular weight excluding hydrogens is 238 g/mol. The molecule has 1 aromatic rings. The van der Waals surface area contributed by atoms with Crippen molar-refractivity contribution >= 4 is 23.3 Å². The number of thioether (sulfide) groups is 1. The van der Waals surface area contributed by atoms with Crippen molar-refractivity contribution in [2.75, 3.05) is 0 Å². The van der Waals surface area contributed by atoms with Crippen molar-refractivity contribution in [2.24, 2.45) is 11.7 Å². The van der Waals surface area contributed by atoms with Crippen LogP contribution >= 0.6 is 23.3 Å². The average molecular weight is 257 g/mol. The maximum Gasteiger partial charge on any atom is 0.170 e. The van der Waals surface area contributed by atoms with Crippen LogP contribution in [0.3, 0.4) is 0 Å². The zero-order chi connectivity index (χ0) is 11.4. The number of hydrogen-bond donors (Lipinski definition) is 1. The summed E-state index contributed by atoms with van der Waals surface area (Å²) in [6, 6.07) is 0.335. The lowest BCUT2D eigenvalue weighted by Crippen LogP contribution is -2.38. The van der Waals surface area contributed by atoms with Crippen LogP contribution in [-0.4, -0.2) is 20.6 Å². The molecule has 1 aromatic heterocycles. The summed E-state index contributed by atoms with van der Waals surface area (Å²) < 4.78 is 5.10. The van der Waals surface area contributed by atoms with Gasteiger partial charge in [-0.25, -0.2) is 4.98 Å². The number of nitrogens with two attached hydrogens (primary N) is 1. The molecule has 16 heavy (non-hydrogen) atoms. The SMILES string of the molecule is CCCC1CCC(N)C(Sc2ncns2)C1. The van der Waals surface area contributed by atoms with E-state index in [9.17, 15) is 0 Å². The summed E-state index contributed by atoms with van der Waals surface area (Å²) in [4.78, 5) is 4.23. The van der Waals surface area contributed by atoms with Crippen molar-refractivity contribution in [3.63, 3.8) is 0 Å². The van der Waals surface area contributed by atoms with Crippen molar-refractivity contribution in [3.05, 3.63) is 6.33 Å². The topological polar surface area (TPSA) is 51.8 Å². The molecule has 1 heterocycles. The lowest BCUT2D eigenvalue weighted by molar-refractivity contribution is 0.317. The summed E-state index contributed by atoms with van der Waals surface area (Å²) in [7, 11) is 0. The van der Waals surface area contributed by atoms with E-state index in [4.69, 9.17) is 5.73 Å². The van der Waals surface area contributed by atoms with Gasteiger partial charge in [-0.15, -0.1) is 0 Å². The second-order valence-corrected chi connectivity index (χ2v) is 6.76. The highest BCUT2D eigenvalue weighted by molar-refractivity contribution is 8.01. The standard InChI is InChI=1S/C11H19N3S2/c1-2-3-8-4-5-9(12)10(6-8)15-11-13-7-14-16-11/h7-10H,2-6,12H2,1H3. The molecule has 0 saturated heterocycles. The first-order valence-electron chi connectivity index (χ1n) is 5.98. The molecule has 2 rings (SSSR count). The molecule has 3 nitrogen and oxygen atoms in total. The lowest BCUT2D eigenvalue weighted by Gasteiger charge is -2.33. The molecule has 0 aromatic carbocycles. The highest BCUT2D eigenvalue weighted by Gasteiger charge is 2.29. The predicted molar refractivity (Wildman–Crippen MR) is 69.8 cm³/mol. The third-order valence-electron chi connectivity index (χ3n) is 3.24. The molecule has 3 unspecified atom stereocenters. The zero-order valence-corrected chi connectivity index (χ0v) is 11.3. The summed E-state index contributed by atoms with van der Waals surface area (Å²) in [5, 5.41) is 0.540. The zero-order valence-electron chi connectivity index (χ0n) is 9.63. The Bertz CT molecular complexity index is 302. The number of hydrogen-bond acceptors (Lipinski definition) is 5. The molecule has 1 aliphatic rings. The average Bonchev–Trinajstić information content (AvgIpc) is 2.76. The highest BCUT2D eigenvalue weighted by Crippen LogP contribution is 2.37. The molecule has 1 fully saturated rings. The van der Waals surface area contributed by atoms with Crippen molar-refractivity contribution in [1.29, 1.82) is 0 Å². The van der Waals surface area contributed by atoms with E-state index in [2.05, 4.69) is 16.3 Å². The van der Waals surface area contributed by atoms with E-state index in [1.807, 2.05) is 11.8 Å². The molecule has 0 aliphatic heterocycles. The normalized spacial score (nSPS) is 30.5. The smallest absolute Gasteiger partial charge is 0.170 e. The van der Waals surface area contributed by atoms with Crippen molar-refractivity contribution < 1.29 is 0 Å². The summed E-state index contributed by atoms with van der Waals surface area (Å²) in [5.41, 5.74) is 6.19. The predicted octanol–water partition coefficient (Wildman–Crippen LogP) is 2.93. The van der Waals surface area contributed by atoms with Gasteiger partial charge < -0.3 is 5.73 Å². The van der Waals surface area contributed by atoms with E-state index in [0.717, 1.165) is 10.3 Å². The molecule has 0 amide bonds. The summed E-state index contributed by atoms with van der Waals surface area (Å²) in [6.45, 7) is 2.27. The van der Waals surface area contributed by atoms with Crippen LogP contribution in [0, 0.1) is 5.92 Å². The first-order valence-corrected chi connectivity index (χ1v) is 7.63. The number of nitrogens with zero attached hydrogens (tertiary/aromatic N) is 2. The highest BCUT2D eigenvalue weighted by atomic mass is 32.2. The molecule has 90 valence electrons. The van der Waals surface area contributed by atoms with E-state index in [1.54, 1.807) is 6.33 Å². The molecule has 5 heteroatoms. The maximum absolute atomic E-state index is 6.19. The molecule has 0 spiro atoms. The fraction of sp³-hybridized carbons (Fsp3) is 0.818. The molecule has 0 radical (unpaired) electrons. The monoisotopic (exact) mass is 257 g/mol. The Kier molecular flexibility index (Phi) is 4.61. The summed E-state index contributed by atoms with van der Waals surface area (Å²) in [6.07, 6.45) is 7.99. The summed E-state index contributed by atoms with van der Waals surface area (Å²) in [5.74, 6) is 0.871. The molecular formula is C11H19N3S2. The third-order valence-corrected chi connectivity index (χ3v) is 5.37. The van der Waals surface area contributed by atoms with Crippen LogP contribution in [0.5, 0.6) is 0 Å². The molecule has 3 atom stereocenters. The fourth-order valence-electron chi connectivity index (χ4n) is 2.39. The van der Waals surface area contributed by atoms with Gasteiger partial charge in [0.15, 0.2) is 4.34 Å². The second-order valence-electron chi connectivity index (χ2n) is 4.50. The number of aromatic nitrogens is 2. The Balaban J connectivity index is 1.91. The van der Waals surface area contributed by atoms with Crippen LogP contribution in [0.4, 0.5) is 0 Å². The second kappa shape index (κ2) is 5.98. The molecule has 1 saturated carbocycles. The minimum absolute atomic E-state index is 0.335. The van der Waals surface area contributed by atoms with Crippen LogP contribution in [0.15, 0.2) is 10.7 Å². The first kappa shape index (κ1) is 12.3. The van der Waals surface area contributed by atoms with Crippen molar-refractivity contribution in [2.45, 2.75) is 54.7 Å². The fourth-order valence-corrected chi connectivity index (χ4v) is 4.38. The van der Waals surface area contributed by atoms with Crippen LogP contribution < -0.4 is 5.73 Å². The molecule has 0 bridgehead atoms. The number of rotatable bonds is 4. The van der Waals surface area contributed by atoms with Gasteiger partial charge in [0.05, 0.1) is 0 Å². The Hall–Kier alpha value is -0.130. The Morgan fingerprint density at radius 2 is 2.44 bits per heavy atom. The van der Waals surface area contributed by atoms with E-state index in [-0.39, 0.29) is 0 Å². The Morgan fingerprint density at radius 3 is 3.12 bits per heavy atom. The minimum atomic E-state index is 0.335. The van der Waals surface area contributed by atoms with Gasteiger partial charge in [0.1, 0.15) is 6.33 Å². The third kappa shape index (κ3) is 3.18. The summed E-state index contributed by atoms with van der Waals surface area (Å²) >= 11 is 3.31. The van der Waals surface area contributed by atoms with E-state index in [0.29, 0.717) is 11.3 Å². The van der Waals surface area contributed by atoms with Crippen LogP contribution in [0.1, 0.15) is 39.0 Å². The van der Waals surface area contributed by atoms with Gasteiger partial charge in [0.25, 0.3) is 0 Å². The molecule has 2 N–H and O–H groups in total. The van der Waals surface area contributed by atoms with Crippen molar-refractivity contribution in [3.8, 4) is 0 Å². The van der Waals surface area contributed by atoms with E-state index in [1.165, 1.54) is 43.6 Å². The van der Waals surface area contributed by atoms with Gasteiger partial charge >= 0.3 is 0 Å². The quantitative estimate of drug-likeness (QED) is 0.901. The van der Waals surface area contributed by atoms with Crippen LogP contribution in [-0.2, 0) is 0 Å². The van der Waals surface area contributed by atoms with E-state index >= 15 is 0 Å². The van der Waals surface area contributed by atoms with Gasteiger partial charge in [0.2, 0.25) is 0 Å². The van der Waals surface area contributed by atoms with Gasteiger partial charge in [-0.3, -0.25) is 0 Å². The minimum Gasteiger partial charge on any atom is -0.327 e.